The average Bonchev–Trinajstić information content (AvgIpc) is 3.00. The molecule has 0 aliphatic heterocycles. The number of aliphatic hydroxyl groups excluding tert-OH is 1. The Balaban J connectivity index is 1.51. The summed E-state index contributed by atoms with van der Waals surface area (Å²) in [5.41, 5.74) is 0.618. The lowest BCUT2D eigenvalue weighted by atomic mass is 9.89. The Kier molecular flexibility index (Phi) is 5.80. The molecule has 3 atom stereocenters. The van der Waals surface area contributed by atoms with Crippen molar-refractivity contribution in [1.29, 1.82) is 0 Å². The van der Waals surface area contributed by atoms with Gasteiger partial charge in [0.25, 0.3) is 0 Å². The van der Waals surface area contributed by atoms with E-state index in [0.29, 0.717) is 0 Å². The summed E-state index contributed by atoms with van der Waals surface area (Å²) in [5.74, 6) is 0.863. The minimum absolute atomic E-state index is 0.0535. The lowest BCUT2D eigenvalue weighted by Crippen LogP contribution is -2.52. The van der Waals surface area contributed by atoms with Gasteiger partial charge < -0.3 is 20.3 Å². The molecule has 0 heterocycles. The molecule has 2 fully saturated rings. The zero-order valence-electron chi connectivity index (χ0n) is 14.7. The van der Waals surface area contributed by atoms with Gasteiger partial charge in [-0.05, 0) is 63.6 Å². The molecule has 3 N–H and O–H groups in total. The summed E-state index contributed by atoms with van der Waals surface area (Å²) in [7, 11) is 0. The van der Waals surface area contributed by atoms with Gasteiger partial charge in [0.2, 0.25) is 0 Å². The summed E-state index contributed by atoms with van der Waals surface area (Å²) < 4.78 is 6.09. The number of hydrogen-bond donors (Lipinski definition) is 3. The fraction of sp³-hybridized carbons (Fsp3) is 0.700. The van der Waals surface area contributed by atoms with E-state index in [1.165, 1.54) is 0 Å². The van der Waals surface area contributed by atoms with Crippen molar-refractivity contribution in [3.63, 3.8) is 0 Å². The van der Waals surface area contributed by atoms with E-state index in [1.54, 1.807) is 0 Å². The van der Waals surface area contributed by atoms with Crippen molar-refractivity contribution in [1.82, 2.24) is 5.32 Å². The summed E-state index contributed by atoms with van der Waals surface area (Å²) in [5, 5.41) is 24.6. The van der Waals surface area contributed by atoms with Crippen molar-refractivity contribution in [2.24, 2.45) is 0 Å². The molecule has 1 aromatic rings. The van der Waals surface area contributed by atoms with Crippen molar-refractivity contribution in [2.75, 3.05) is 6.54 Å². The number of para-hydroxylation sites is 1. The van der Waals surface area contributed by atoms with Gasteiger partial charge in [0, 0.05) is 6.04 Å². The highest BCUT2D eigenvalue weighted by Crippen LogP contribution is 2.32. The van der Waals surface area contributed by atoms with Crippen LogP contribution in [0.1, 0.15) is 56.9 Å². The van der Waals surface area contributed by atoms with Gasteiger partial charge in [-0.3, -0.25) is 0 Å². The molecule has 1 aromatic carbocycles. The molecule has 4 heteroatoms. The highest BCUT2D eigenvalue weighted by Gasteiger charge is 2.35. The van der Waals surface area contributed by atoms with Crippen LogP contribution in [0.25, 0.3) is 0 Å². The van der Waals surface area contributed by atoms with Gasteiger partial charge >= 0.3 is 0 Å². The minimum atomic E-state index is -0.503. The molecule has 0 saturated heterocycles. The van der Waals surface area contributed by atoms with Crippen molar-refractivity contribution in [2.45, 2.75) is 82.1 Å². The Morgan fingerprint density at radius 2 is 1.92 bits per heavy atom. The Labute approximate surface area is 145 Å². The first-order valence-electron chi connectivity index (χ1n) is 9.44. The number of rotatable bonds is 6. The third-order valence-electron chi connectivity index (χ3n) is 5.70. The normalized spacial score (nSPS) is 29.5. The first kappa shape index (κ1) is 17.7. The molecule has 0 spiro atoms. The first-order valence-corrected chi connectivity index (χ1v) is 9.44. The Morgan fingerprint density at radius 3 is 2.67 bits per heavy atom. The highest BCUT2D eigenvalue weighted by atomic mass is 16.5. The summed E-state index contributed by atoms with van der Waals surface area (Å²) in [4.78, 5) is 0. The molecule has 2 saturated carbocycles. The van der Waals surface area contributed by atoms with Crippen LogP contribution in [0.4, 0.5) is 0 Å². The maximum Gasteiger partial charge on any atom is 0.126 e. The molecule has 0 amide bonds. The van der Waals surface area contributed by atoms with E-state index in [4.69, 9.17) is 4.74 Å². The second-order valence-electron chi connectivity index (χ2n) is 7.59. The third kappa shape index (κ3) is 4.29. The molecule has 2 aliphatic carbocycles. The van der Waals surface area contributed by atoms with E-state index in [0.717, 1.165) is 69.2 Å². The lowest BCUT2D eigenvalue weighted by Gasteiger charge is -2.36. The fourth-order valence-corrected chi connectivity index (χ4v) is 4.12. The van der Waals surface area contributed by atoms with Crippen molar-refractivity contribution in [3.8, 4) is 5.75 Å². The number of nitrogens with one attached hydrogen (secondary N) is 1. The molecule has 24 heavy (non-hydrogen) atoms. The lowest BCUT2D eigenvalue weighted by molar-refractivity contribution is -0.0186. The SMILES string of the molecule is Cc1ccccc1O[C@@H]1CCC[C@H](NCCC2(O)CCCC2)[C@H]1O. The second-order valence-corrected chi connectivity index (χ2v) is 7.59. The number of aryl methyl sites for hydroxylation is 1. The molecule has 0 bridgehead atoms. The topological polar surface area (TPSA) is 61.7 Å². The van der Waals surface area contributed by atoms with Crippen LogP contribution in [0.3, 0.4) is 0 Å². The Bertz CT molecular complexity index is 527. The molecule has 2 aliphatic rings. The van der Waals surface area contributed by atoms with Crippen molar-refractivity contribution < 1.29 is 14.9 Å². The van der Waals surface area contributed by atoms with Gasteiger partial charge in [-0.1, -0.05) is 31.0 Å². The molecular weight excluding hydrogens is 302 g/mol. The van der Waals surface area contributed by atoms with Crippen molar-refractivity contribution >= 4 is 0 Å². The maximum absolute atomic E-state index is 10.7. The predicted octanol–water partition coefficient (Wildman–Crippen LogP) is 2.94. The first-order chi connectivity index (χ1) is 11.6. The van der Waals surface area contributed by atoms with E-state index in [2.05, 4.69) is 5.32 Å². The summed E-state index contributed by atoms with van der Waals surface area (Å²) >= 11 is 0. The van der Waals surface area contributed by atoms with E-state index < -0.39 is 11.7 Å². The second kappa shape index (κ2) is 7.85. The summed E-state index contributed by atoms with van der Waals surface area (Å²) in [6.45, 7) is 2.79. The summed E-state index contributed by atoms with van der Waals surface area (Å²) in [6, 6.07) is 8.02. The molecule has 0 aromatic heterocycles. The van der Waals surface area contributed by atoms with Crippen LogP contribution in [0, 0.1) is 6.92 Å². The standard InChI is InChI=1S/C20H31NO3/c1-15-7-2-3-9-17(15)24-18-10-6-8-16(19(18)22)21-14-13-20(23)11-4-5-12-20/h2-3,7,9,16,18-19,21-23H,4-6,8,10-14H2,1H3/t16-,18+,19+/m0/s1. The van der Waals surface area contributed by atoms with Gasteiger partial charge in [-0.25, -0.2) is 0 Å². The van der Waals surface area contributed by atoms with Crippen molar-refractivity contribution in [3.05, 3.63) is 29.8 Å². The predicted molar refractivity (Wildman–Crippen MR) is 95.3 cm³/mol. The van der Waals surface area contributed by atoms with E-state index in [1.807, 2.05) is 31.2 Å². The van der Waals surface area contributed by atoms with Gasteiger partial charge in [0.1, 0.15) is 18.0 Å². The monoisotopic (exact) mass is 333 g/mol. The zero-order chi connectivity index (χ0) is 17.0. The Hall–Kier alpha value is -1.10. The Morgan fingerprint density at radius 1 is 1.17 bits per heavy atom. The number of ether oxygens (including phenoxy) is 1. The maximum atomic E-state index is 10.7. The van der Waals surface area contributed by atoms with Gasteiger partial charge in [-0.2, -0.15) is 0 Å². The van der Waals surface area contributed by atoms with Crippen LogP contribution in [-0.2, 0) is 0 Å². The van der Waals surface area contributed by atoms with Crippen LogP contribution < -0.4 is 10.1 Å². The van der Waals surface area contributed by atoms with Crippen LogP contribution >= 0.6 is 0 Å². The minimum Gasteiger partial charge on any atom is -0.487 e. The van der Waals surface area contributed by atoms with Crippen LogP contribution in [0.5, 0.6) is 5.75 Å². The average molecular weight is 333 g/mol. The largest absolute Gasteiger partial charge is 0.487 e. The van der Waals surface area contributed by atoms with E-state index in [-0.39, 0.29) is 12.1 Å². The van der Waals surface area contributed by atoms with E-state index in [9.17, 15) is 10.2 Å². The third-order valence-corrected chi connectivity index (χ3v) is 5.70. The van der Waals surface area contributed by atoms with Crippen LogP contribution in [-0.4, -0.2) is 40.6 Å². The highest BCUT2D eigenvalue weighted by molar-refractivity contribution is 5.32. The molecule has 0 unspecified atom stereocenters. The summed E-state index contributed by atoms with van der Waals surface area (Å²) in [6.07, 6.45) is 7.12. The molecule has 0 radical (unpaired) electrons. The molecule has 134 valence electrons. The van der Waals surface area contributed by atoms with Crippen LogP contribution in [0.15, 0.2) is 24.3 Å². The van der Waals surface area contributed by atoms with Gasteiger partial charge in [0.05, 0.1) is 5.60 Å². The van der Waals surface area contributed by atoms with E-state index >= 15 is 0 Å². The number of benzene rings is 1. The zero-order valence-corrected chi connectivity index (χ0v) is 14.7. The molecule has 3 rings (SSSR count). The fourth-order valence-electron chi connectivity index (χ4n) is 4.12. The number of hydrogen-bond acceptors (Lipinski definition) is 4. The van der Waals surface area contributed by atoms with Gasteiger partial charge in [-0.15, -0.1) is 0 Å². The quantitative estimate of drug-likeness (QED) is 0.749. The van der Waals surface area contributed by atoms with Crippen LogP contribution in [0.2, 0.25) is 0 Å². The molecular formula is C20H31NO3. The molecule has 4 nitrogen and oxygen atoms in total. The van der Waals surface area contributed by atoms with Gasteiger partial charge in [0.15, 0.2) is 0 Å². The number of aliphatic hydroxyl groups is 2. The smallest absolute Gasteiger partial charge is 0.126 e.